The van der Waals surface area contributed by atoms with Gasteiger partial charge in [0.25, 0.3) is 0 Å². The van der Waals surface area contributed by atoms with Crippen molar-refractivity contribution >= 4 is 33.3 Å². The van der Waals surface area contributed by atoms with Crippen molar-refractivity contribution in [2.24, 2.45) is 0 Å². The number of furan rings is 1. The number of hydrogen-bond acceptors (Lipinski definition) is 8. The third-order valence-electron chi connectivity index (χ3n) is 4.57. The van der Waals surface area contributed by atoms with Crippen LogP contribution in [0.25, 0.3) is 10.2 Å². The predicted molar refractivity (Wildman–Crippen MR) is 102 cm³/mol. The van der Waals surface area contributed by atoms with Crippen LogP contribution in [0, 0.1) is 13.8 Å². The fourth-order valence-electron chi connectivity index (χ4n) is 3.33. The molecule has 4 heterocycles. The first-order valence-electron chi connectivity index (χ1n) is 8.93. The quantitative estimate of drug-likeness (QED) is 0.632. The highest BCUT2D eigenvalue weighted by Gasteiger charge is 2.28. The van der Waals surface area contributed by atoms with E-state index in [-0.39, 0.29) is 12.1 Å². The summed E-state index contributed by atoms with van der Waals surface area (Å²) >= 11 is 1.36. The number of anilines is 1. The van der Waals surface area contributed by atoms with Crippen molar-refractivity contribution in [1.29, 1.82) is 0 Å². The minimum absolute atomic E-state index is 0.150. The average Bonchev–Trinajstić information content (AvgIpc) is 3.30. The monoisotopic (exact) mass is 387 g/mol. The maximum atomic E-state index is 12.3. The number of carbonyl (C=O) groups is 1. The first-order chi connectivity index (χ1) is 13.1. The van der Waals surface area contributed by atoms with Gasteiger partial charge in [-0.25, -0.2) is 14.8 Å². The molecule has 1 unspecified atom stereocenters. The SMILES string of the molecule is CCOC(=O)c1sc2nc(C)nc(N3CCOC(c4ccco4)C3)c2c1C. The second-order valence-electron chi connectivity index (χ2n) is 6.37. The lowest BCUT2D eigenvalue weighted by Gasteiger charge is -2.33. The van der Waals surface area contributed by atoms with Crippen molar-refractivity contribution < 1.29 is 18.7 Å². The number of aryl methyl sites for hydroxylation is 2. The summed E-state index contributed by atoms with van der Waals surface area (Å²) in [5.74, 6) is 2.00. The molecule has 0 spiro atoms. The summed E-state index contributed by atoms with van der Waals surface area (Å²) in [6.45, 7) is 7.86. The third kappa shape index (κ3) is 3.30. The van der Waals surface area contributed by atoms with Crippen LogP contribution < -0.4 is 4.90 Å². The van der Waals surface area contributed by atoms with Crippen LogP contribution in [0.15, 0.2) is 22.8 Å². The zero-order valence-corrected chi connectivity index (χ0v) is 16.3. The molecule has 3 aromatic heterocycles. The van der Waals surface area contributed by atoms with Crippen LogP contribution in [0.5, 0.6) is 0 Å². The van der Waals surface area contributed by atoms with E-state index in [9.17, 15) is 4.79 Å². The van der Waals surface area contributed by atoms with E-state index in [1.165, 1.54) is 11.3 Å². The standard InChI is InChI=1S/C19H21N3O4S/c1-4-24-19(23)16-11(2)15-17(20-12(3)21-18(15)27-16)22-7-9-26-14(10-22)13-6-5-8-25-13/h5-6,8,14H,4,7,9-10H2,1-3H3. The van der Waals surface area contributed by atoms with Gasteiger partial charge < -0.3 is 18.8 Å². The van der Waals surface area contributed by atoms with Gasteiger partial charge in [-0.05, 0) is 38.5 Å². The summed E-state index contributed by atoms with van der Waals surface area (Å²) in [4.78, 5) is 25.1. The number of thiophene rings is 1. The van der Waals surface area contributed by atoms with Crippen LogP contribution in [-0.4, -0.2) is 42.2 Å². The van der Waals surface area contributed by atoms with E-state index in [2.05, 4.69) is 9.88 Å². The molecule has 3 aromatic rings. The van der Waals surface area contributed by atoms with Crippen LogP contribution in [0.1, 0.15) is 39.8 Å². The number of nitrogens with zero attached hydrogens (tertiary/aromatic N) is 3. The predicted octanol–water partition coefficient (Wildman–Crippen LogP) is 3.66. The molecule has 27 heavy (non-hydrogen) atoms. The van der Waals surface area contributed by atoms with Gasteiger partial charge in [0, 0.05) is 6.54 Å². The molecule has 0 aliphatic carbocycles. The van der Waals surface area contributed by atoms with Crippen LogP contribution in [0.4, 0.5) is 5.82 Å². The van der Waals surface area contributed by atoms with E-state index in [0.717, 1.165) is 27.4 Å². The van der Waals surface area contributed by atoms with Crippen molar-refractivity contribution in [3.8, 4) is 0 Å². The molecule has 0 amide bonds. The fraction of sp³-hybridized carbons (Fsp3) is 0.421. The molecule has 1 saturated heterocycles. The lowest BCUT2D eigenvalue weighted by molar-refractivity contribution is 0.0256. The maximum Gasteiger partial charge on any atom is 0.348 e. The summed E-state index contributed by atoms with van der Waals surface area (Å²) in [5, 5.41) is 0.911. The Hall–Kier alpha value is -2.45. The van der Waals surface area contributed by atoms with Crippen molar-refractivity contribution in [2.75, 3.05) is 31.2 Å². The highest BCUT2D eigenvalue weighted by atomic mass is 32.1. The van der Waals surface area contributed by atoms with Gasteiger partial charge >= 0.3 is 5.97 Å². The van der Waals surface area contributed by atoms with E-state index >= 15 is 0 Å². The van der Waals surface area contributed by atoms with E-state index in [1.807, 2.05) is 26.0 Å². The average molecular weight is 387 g/mol. The third-order valence-corrected chi connectivity index (χ3v) is 5.74. The molecule has 7 nitrogen and oxygen atoms in total. The van der Waals surface area contributed by atoms with Gasteiger partial charge in [0.1, 0.15) is 33.2 Å². The van der Waals surface area contributed by atoms with Crippen LogP contribution in [-0.2, 0) is 9.47 Å². The van der Waals surface area contributed by atoms with Gasteiger partial charge in [-0.1, -0.05) is 0 Å². The molecule has 0 saturated carbocycles. The topological polar surface area (TPSA) is 77.7 Å². The van der Waals surface area contributed by atoms with Gasteiger partial charge in [0.15, 0.2) is 0 Å². The molecular formula is C19H21N3O4S. The first kappa shape index (κ1) is 17.9. The molecule has 4 rings (SSSR count). The molecule has 1 aliphatic rings. The molecule has 1 atom stereocenters. The molecule has 0 radical (unpaired) electrons. The van der Waals surface area contributed by atoms with E-state index in [1.54, 1.807) is 13.2 Å². The number of aromatic nitrogens is 2. The van der Waals surface area contributed by atoms with Crippen LogP contribution >= 0.6 is 11.3 Å². The Morgan fingerprint density at radius 3 is 3.00 bits per heavy atom. The summed E-state index contributed by atoms with van der Waals surface area (Å²) in [6, 6.07) is 3.78. The minimum Gasteiger partial charge on any atom is -0.467 e. The van der Waals surface area contributed by atoms with E-state index < -0.39 is 0 Å². The van der Waals surface area contributed by atoms with Crippen molar-refractivity contribution in [3.63, 3.8) is 0 Å². The maximum absolute atomic E-state index is 12.3. The normalized spacial score (nSPS) is 17.4. The molecule has 1 fully saturated rings. The van der Waals surface area contributed by atoms with Crippen molar-refractivity contribution in [3.05, 3.63) is 40.4 Å². The largest absolute Gasteiger partial charge is 0.467 e. The Labute approximate surface area is 160 Å². The molecule has 8 heteroatoms. The Morgan fingerprint density at radius 2 is 2.26 bits per heavy atom. The second-order valence-corrected chi connectivity index (χ2v) is 7.37. The number of fused-ring (bicyclic) bond motifs is 1. The summed E-state index contributed by atoms with van der Waals surface area (Å²) in [7, 11) is 0. The number of esters is 1. The molecule has 0 bridgehead atoms. The van der Waals surface area contributed by atoms with Gasteiger partial charge in [-0.2, -0.15) is 0 Å². The second kappa shape index (κ2) is 7.28. The van der Waals surface area contributed by atoms with E-state index in [0.29, 0.717) is 37.0 Å². The smallest absolute Gasteiger partial charge is 0.348 e. The molecule has 142 valence electrons. The van der Waals surface area contributed by atoms with Crippen molar-refractivity contribution in [2.45, 2.75) is 26.9 Å². The van der Waals surface area contributed by atoms with Gasteiger partial charge in [-0.3, -0.25) is 0 Å². The van der Waals surface area contributed by atoms with Gasteiger partial charge in [0.2, 0.25) is 0 Å². The first-order valence-corrected chi connectivity index (χ1v) is 9.75. The highest BCUT2D eigenvalue weighted by molar-refractivity contribution is 7.20. The number of hydrogen-bond donors (Lipinski definition) is 0. The Morgan fingerprint density at radius 1 is 1.41 bits per heavy atom. The van der Waals surface area contributed by atoms with E-state index in [4.69, 9.17) is 18.9 Å². The number of rotatable bonds is 4. The number of morpholine rings is 1. The Balaban J connectivity index is 1.75. The zero-order valence-electron chi connectivity index (χ0n) is 15.5. The highest BCUT2D eigenvalue weighted by Crippen LogP contribution is 2.37. The summed E-state index contributed by atoms with van der Waals surface area (Å²) in [5.41, 5.74) is 0.865. The van der Waals surface area contributed by atoms with Crippen LogP contribution in [0.2, 0.25) is 0 Å². The van der Waals surface area contributed by atoms with Crippen molar-refractivity contribution in [1.82, 2.24) is 9.97 Å². The minimum atomic E-state index is -0.308. The molecular weight excluding hydrogens is 366 g/mol. The van der Waals surface area contributed by atoms with Gasteiger partial charge in [-0.15, -0.1) is 11.3 Å². The molecule has 1 aliphatic heterocycles. The zero-order chi connectivity index (χ0) is 19.0. The van der Waals surface area contributed by atoms with Gasteiger partial charge in [0.05, 0.1) is 31.4 Å². The lowest BCUT2D eigenvalue weighted by atomic mass is 10.1. The van der Waals surface area contributed by atoms with Crippen LogP contribution in [0.3, 0.4) is 0 Å². The lowest BCUT2D eigenvalue weighted by Crippen LogP contribution is -2.39. The number of carbonyl (C=O) groups excluding carboxylic acids is 1. The summed E-state index contributed by atoms with van der Waals surface area (Å²) in [6.07, 6.45) is 1.50. The Bertz CT molecular complexity index is 967. The molecule has 0 N–H and O–H groups in total. The fourth-order valence-corrected chi connectivity index (χ4v) is 4.44. The number of ether oxygens (including phenoxy) is 2. The summed E-state index contributed by atoms with van der Waals surface area (Å²) < 4.78 is 16.6. The molecule has 0 aromatic carbocycles. The Kier molecular flexibility index (Phi) is 4.84.